The van der Waals surface area contributed by atoms with Gasteiger partial charge < -0.3 is 21.1 Å². The normalized spacial score (nSPS) is 11.0. The standard InChI is InChI=1S/C29H28N6O2/c1-18(2)20-6-13-26(37-3)24(16-20)25-17-31-35-15-14-27(34-28(25)35)32-22-9-11-23(12-10-22)33-29(36)19-4-7-21(30)8-5-19/h4-18H,30H2,1-3H3,(H,32,34)(H,33,36). The SMILES string of the molecule is COc1ccc(C(C)C)cc1-c1cnn2ccc(Nc3ccc(NC(=O)c4ccc(N)cc4)cc3)nc12. The fourth-order valence-electron chi connectivity index (χ4n) is 4.05. The number of nitrogens with one attached hydrogen (secondary N) is 2. The number of nitrogen functional groups attached to an aromatic ring is 1. The van der Waals surface area contributed by atoms with Gasteiger partial charge in [0.25, 0.3) is 5.91 Å². The van der Waals surface area contributed by atoms with Crippen LogP contribution < -0.4 is 21.1 Å². The molecule has 0 aliphatic carbocycles. The molecule has 8 nitrogen and oxygen atoms in total. The molecule has 1 amide bonds. The summed E-state index contributed by atoms with van der Waals surface area (Å²) in [4.78, 5) is 17.3. The van der Waals surface area contributed by atoms with E-state index in [4.69, 9.17) is 15.5 Å². The number of nitrogens with two attached hydrogens (primary N) is 1. The van der Waals surface area contributed by atoms with E-state index in [1.165, 1.54) is 5.56 Å². The van der Waals surface area contributed by atoms with E-state index in [9.17, 15) is 4.79 Å². The maximum Gasteiger partial charge on any atom is 0.255 e. The van der Waals surface area contributed by atoms with Crippen LogP contribution in [-0.2, 0) is 0 Å². The number of methoxy groups -OCH3 is 1. The average molecular weight is 493 g/mol. The number of nitrogens with zero attached hydrogens (tertiary/aromatic N) is 3. The third-order valence-corrected chi connectivity index (χ3v) is 6.14. The molecule has 0 spiro atoms. The van der Waals surface area contributed by atoms with Gasteiger partial charge in [-0.05, 0) is 78.2 Å². The Balaban J connectivity index is 1.37. The summed E-state index contributed by atoms with van der Waals surface area (Å²) in [6.45, 7) is 4.33. The van der Waals surface area contributed by atoms with Gasteiger partial charge in [0.05, 0.1) is 18.9 Å². The van der Waals surface area contributed by atoms with Crippen LogP contribution in [0.2, 0.25) is 0 Å². The van der Waals surface area contributed by atoms with Crippen molar-refractivity contribution in [3.63, 3.8) is 0 Å². The molecule has 186 valence electrons. The summed E-state index contributed by atoms with van der Waals surface area (Å²) in [6, 6.07) is 22.3. The molecule has 0 unspecified atom stereocenters. The number of carbonyl (C=O) groups excluding carboxylic acids is 1. The zero-order chi connectivity index (χ0) is 25.9. The minimum atomic E-state index is -0.196. The van der Waals surface area contributed by atoms with Crippen molar-refractivity contribution in [2.24, 2.45) is 0 Å². The lowest BCUT2D eigenvalue weighted by Gasteiger charge is -2.12. The molecule has 0 aliphatic heterocycles. The van der Waals surface area contributed by atoms with Gasteiger partial charge in [0.15, 0.2) is 5.65 Å². The van der Waals surface area contributed by atoms with Gasteiger partial charge in [-0.15, -0.1) is 0 Å². The van der Waals surface area contributed by atoms with Crippen LogP contribution in [0.1, 0.15) is 35.7 Å². The molecule has 37 heavy (non-hydrogen) atoms. The van der Waals surface area contributed by atoms with Gasteiger partial charge in [0.2, 0.25) is 0 Å². The largest absolute Gasteiger partial charge is 0.496 e. The van der Waals surface area contributed by atoms with E-state index < -0.39 is 0 Å². The first-order valence-electron chi connectivity index (χ1n) is 12.0. The summed E-state index contributed by atoms with van der Waals surface area (Å²) in [5, 5.41) is 10.7. The summed E-state index contributed by atoms with van der Waals surface area (Å²) < 4.78 is 7.38. The van der Waals surface area contributed by atoms with Crippen molar-refractivity contribution in [3.8, 4) is 16.9 Å². The van der Waals surface area contributed by atoms with Gasteiger partial charge in [-0.25, -0.2) is 9.50 Å². The third kappa shape index (κ3) is 5.08. The van der Waals surface area contributed by atoms with E-state index in [1.54, 1.807) is 35.9 Å². The highest BCUT2D eigenvalue weighted by molar-refractivity contribution is 6.04. The molecule has 0 saturated carbocycles. The molecule has 0 saturated heterocycles. The summed E-state index contributed by atoms with van der Waals surface area (Å²) in [5.41, 5.74) is 12.2. The predicted molar refractivity (Wildman–Crippen MR) is 148 cm³/mol. The molecule has 3 aromatic carbocycles. The highest BCUT2D eigenvalue weighted by Gasteiger charge is 2.15. The molecule has 0 atom stereocenters. The molecular weight excluding hydrogens is 464 g/mol. The predicted octanol–water partition coefficient (Wildman–Crippen LogP) is 6.11. The van der Waals surface area contributed by atoms with Crippen molar-refractivity contribution >= 4 is 34.4 Å². The number of rotatable bonds is 7. The number of ether oxygens (including phenoxy) is 1. The molecule has 2 heterocycles. The number of anilines is 4. The summed E-state index contributed by atoms with van der Waals surface area (Å²) in [6.07, 6.45) is 3.68. The fraction of sp³-hybridized carbons (Fsp3) is 0.138. The lowest BCUT2D eigenvalue weighted by atomic mass is 9.97. The van der Waals surface area contributed by atoms with Gasteiger partial charge in [-0.1, -0.05) is 19.9 Å². The first-order valence-corrected chi connectivity index (χ1v) is 12.0. The minimum absolute atomic E-state index is 0.196. The Morgan fingerprint density at radius 1 is 0.946 bits per heavy atom. The first kappa shape index (κ1) is 23.9. The Bertz CT molecular complexity index is 1560. The summed E-state index contributed by atoms with van der Waals surface area (Å²) in [7, 11) is 1.67. The lowest BCUT2D eigenvalue weighted by molar-refractivity contribution is 0.102. The molecule has 0 bridgehead atoms. The van der Waals surface area contributed by atoms with Crippen molar-refractivity contribution in [3.05, 3.63) is 96.3 Å². The zero-order valence-electron chi connectivity index (χ0n) is 20.9. The molecule has 5 rings (SSSR count). The van der Waals surface area contributed by atoms with Crippen molar-refractivity contribution in [1.29, 1.82) is 0 Å². The van der Waals surface area contributed by atoms with Gasteiger partial charge >= 0.3 is 0 Å². The Morgan fingerprint density at radius 3 is 2.38 bits per heavy atom. The highest BCUT2D eigenvalue weighted by atomic mass is 16.5. The van der Waals surface area contributed by atoms with Crippen LogP contribution in [0.25, 0.3) is 16.8 Å². The minimum Gasteiger partial charge on any atom is -0.496 e. The van der Waals surface area contributed by atoms with Crippen LogP contribution in [0.5, 0.6) is 5.75 Å². The van der Waals surface area contributed by atoms with E-state index in [2.05, 4.69) is 41.7 Å². The van der Waals surface area contributed by atoms with E-state index in [0.29, 0.717) is 28.7 Å². The molecule has 0 aliphatic rings. The number of fused-ring (bicyclic) bond motifs is 1. The second kappa shape index (κ2) is 10.0. The Labute approximate surface area is 215 Å². The highest BCUT2D eigenvalue weighted by Crippen LogP contribution is 2.35. The van der Waals surface area contributed by atoms with Crippen LogP contribution in [0, 0.1) is 0 Å². The van der Waals surface area contributed by atoms with Gasteiger partial charge in [-0.2, -0.15) is 5.10 Å². The topological polar surface area (TPSA) is 107 Å². The third-order valence-electron chi connectivity index (χ3n) is 6.14. The number of hydrogen-bond acceptors (Lipinski definition) is 6. The number of aromatic nitrogens is 3. The summed E-state index contributed by atoms with van der Waals surface area (Å²) >= 11 is 0. The van der Waals surface area contributed by atoms with Crippen molar-refractivity contribution in [2.45, 2.75) is 19.8 Å². The fourth-order valence-corrected chi connectivity index (χ4v) is 4.05. The maximum atomic E-state index is 12.5. The molecule has 5 aromatic rings. The van der Waals surface area contributed by atoms with Gasteiger partial charge in [0.1, 0.15) is 11.6 Å². The van der Waals surface area contributed by atoms with Crippen LogP contribution >= 0.6 is 0 Å². The van der Waals surface area contributed by atoms with Crippen LogP contribution in [0.3, 0.4) is 0 Å². The second-order valence-corrected chi connectivity index (χ2v) is 9.03. The maximum absolute atomic E-state index is 12.5. The van der Waals surface area contributed by atoms with Crippen LogP contribution in [0.4, 0.5) is 22.9 Å². The smallest absolute Gasteiger partial charge is 0.255 e. The first-order chi connectivity index (χ1) is 17.9. The second-order valence-electron chi connectivity index (χ2n) is 9.03. The Morgan fingerprint density at radius 2 is 1.68 bits per heavy atom. The monoisotopic (exact) mass is 492 g/mol. The quantitative estimate of drug-likeness (QED) is 0.237. The van der Waals surface area contributed by atoms with Gasteiger partial charge in [-0.3, -0.25) is 4.79 Å². The lowest BCUT2D eigenvalue weighted by Crippen LogP contribution is -2.11. The van der Waals surface area contributed by atoms with Crippen molar-refractivity contribution in [1.82, 2.24) is 14.6 Å². The van der Waals surface area contributed by atoms with Crippen molar-refractivity contribution in [2.75, 3.05) is 23.5 Å². The van der Waals surface area contributed by atoms with Crippen molar-refractivity contribution < 1.29 is 9.53 Å². The molecule has 4 N–H and O–H groups in total. The Hall–Kier alpha value is -4.85. The molecule has 0 radical (unpaired) electrons. The van der Waals surface area contributed by atoms with E-state index in [1.807, 2.05) is 48.8 Å². The van der Waals surface area contributed by atoms with E-state index in [0.717, 1.165) is 28.2 Å². The number of amides is 1. The van der Waals surface area contributed by atoms with E-state index in [-0.39, 0.29) is 5.91 Å². The number of benzene rings is 3. The Kier molecular flexibility index (Phi) is 6.47. The van der Waals surface area contributed by atoms with Gasteiger partial charge in [0, 0.05) is 34.4 Å². The summed E-state index contributed by atoms with van der Waals surface area (Å²) in [5.74, 6) is 1.64. The van der Waals surface area contributed by atoms with Crippen LogP contribution in [-0.4, -0.2) is 27.6 Å². The molecule has 2 aromatic heterocycles. The zero-order valence-corrected chi connectivity index (χ0v) is 20.9. The van der Waals surface area contributed by atoms with Crippen LogP contribution in [0.15, 0.2) is 85.2 Å². The number of hydrogen-bond donors (Lipinski definition) is 3. The molecular formula is C29H28N6O2. The molecule has 0 fully saturated rings. The number of carbonyl (C=O) groups is 1. The molecule has 8 heteroatoms. The average Bonchev–Trinajstić information content (AvgIpc) is 3.33. The van der Waals surface area contributed by atoms with E-state index >= 15 is 0 Å².